The summed E-state index contributed by atoms with van der Waals surface area (Å²) < 4.78 is 17.3. The number of nitrogens with zero attached hydrogens (tertiary/aromatic N) is 3. The van der Waals surface area contributed by atoms with Crippen LogP contribution < -0.4 is 0 Å². The number of hydrogen-bond donors (Lipinski definition) is 0. The van der Waals surface area contributed by atoms with Crippen LogP contribution in [0.15, 0.2) is 71.0 Å². The molecule has 0 spiro atoms. The van der Waals surface area contributed by atoms with Gasteiger partial charge < -0.3 is 4.40 Å². The molecule has 0 bridgehead atoms. The zero-order chi connectivity index (χ0) is 16.7. The molecule has 0 aliphatic carbocycles. The molecule has 24 heavy (non-hydrogen) atoms. The average molecular weight is 337 g/mol. The quantitative estimate of drug-likeness (QED) is 0.528. The van der Waals surface area contributed by atoms with Crippen molar-refractivity contribution < 1.29 is 4.39 Å². The number of benzene rings is 1. The van der Waals surface area contributed by atoms with Crippen molar-refractivity contribution in [3.8, 4) is 11.1 Å². The van der Waals surface area contributed by atoms with E-state index in [-0.39, 0.29) is 5.82 Å². The van der Waals surface area contributed by atoms with Crippen LogP contribution in [-0.2, 0) is 7.05 Å². The van der Waals surface area contributed by atoms with Crippen molar-refractivity contribution in [1.82, 2.24) is 14.2 Å². The summed E-state index contributed by atoms with van der Waals surface area (Å²) >= 11 is 1.64. The number of hydrogen-bond acceptors (Lipinski definition) is 2. The first-order valence-corrected chi connectivity index (χ1v) is 8.46. The number of aryl methyl sites for hydroxylation is 2. The summed E-state index contributed by atoms with van der Waals surface area (Å²) in [6.45, 7) is 2.05. The van der Waals surface area contributed by atoms with Gasteiger partial charge in [0.05, 0.1) is 11.2 Å². The van der Waals surface area contributed by atoms with E-state index >= 15 is 0 Å². The van der Waals surface area contributed by atoms with E-state index in [1.54, 1.807) is 22.5 Å². The van der Waals surface area contributed by atoms with Crippen LogP contribution in [0.1, 0.15) is 5.56 Å². The Morgan fingerprint density at radius 3 is 2.50 bits per heavy atom. The van der Waals surface area contributed by atoms with Gasteiger partial charge in [-0.2, -0.15) is 5.10 Å². The number of aromatic nitrogens is 3. The van der Waals surface area contributed by atoms with Crippen molar-refractivity contribution in [3.05, 3.63) is 72.4 Å². The SMILES string of the molecule is Cc1cc2ccc(F)cn2c1Sc1ccc(-c2cnn(C)c2)cc1. The van der Waals surface area contributed by atoms with Crippen molar-refractivity contribution in [2.75, 3.05) is 0 Å². The fourth-order valence-electron chi connectivity index (χ4n) is 2.78. The number of rotatable bonds is 3. The van der Waals surface area contributed by atoms with Gasteiger partial charge in [-0.15, -0.1) is 0 Å². The van der Waals surface area contributed by atoms with Crippen molar-refractivity contribution in [2.24, 2.45) is 7.05 Å². The zero-order valence-electron chi connectivity index (χ0n) is 13.4. The van der Waals surface area contributed by atoms with Gasteiger partial charge in [0, 0.05) is 35.4 Å². The standard InChI is InChI=1S/C19H16FN3S/c1-13-9-17-6-5-16(20)12-23(17)19(13)24-18-7-3-14(4-8-18)15-10-21-22(2)11-15/h3-12H,1-2H3. The van der Waals surface area contributed by atoms with Crippen LogP contribution in [0.5, 0.6) is 0 Å². The molecule has 120 valence electrons. The Morgan fingerprint density at radius 1 is 1.00 bits per heavy atom. The lowest BCUT2D eigenvalue weighted by molar-refractivity contribution is 0.617. The van der Waals surface area contributed by atoms with Gasteiger partial charge >= 0.3 is 0 Å². The molecule has 0 aliphatic heterocycles. The summed E-state index contributed by atoms with van der Waals surface area (Å²) in [6.07, 6.45) is 5.39. The molecule has 0 unspecified atom stereocenters. The van der Waals surface area contributed by atoms with E-state index in [2.05, 4.69) is 42.4 Å². The zero-order valence-corrected chi connectivity index (χ0v) is 14.2. The Labute approximate surface area is 143 Å². The molecular weight excluding hydrogens is 321 g/mol. The summed E-state index contributed by atoms with van der Waals surface area (Å²) in [4.78, 5) is 1.12. The molecule has 0 saturated carbocycles. The van der Waals surface area contributed by atoms with Crippen LogP contribution in [0, 0.1) is 12.7 Å². The van der Waals surface area contributed by atoms with E-state index < -0.39 is 0 Å². The maximum Gasteiger partial charge on any atom is 0.139 e. The fourth-order valence-corrected chi connectivity index (χ4v) is 3.75. The van der Waals surface area contributed by atoms with Gasteiger partial charge in [-0.1, -0.05) is 23.9 Å². The smallest absolute Gasteiger partial charge is 0.139 e. The van der Waals surface area contributed by atoms with Crippen LogP contribution in [-0.4, -0.2) is 14.2 Å². The predicted molar refractivity (Wildman–Crippen MR) is 94.9 cm³/mol. The highest BCUT2D eigenvalue weighted by molar-refractivity contribution is 7.99. The molecule has 0 fully saturated rings. The first-order chi connectivity index (χ1) is 11.6. The molecule has 4 rings (SSSR count). The third-order valence-electron chi connectivity index (χ3n) is 3.97. The second-order valence-electron chi connectivity index (χ2n) is 5.80. The molecule has 3 heterocycles. The van der Waals surface area contributed by atoms with Gasteiger partial charge in [0.25, 0.3) is 0 Å². The second kappa shape index (κ2) is 5.83. The number of halogens is 1. The minimum atomic E-state index is -0.230. The van der Waals surface area contributed by atoms with Gasteiger partial charge in [-0.3, -0.25) is 4.68 Å². The van der Waals surface area contributed by atoms with E-state index in [1.807, 2.05) is 23.8 Å². The van der Waals surface area contributed by atoms with Crippen molar-refractivity contribution in [1.29, 1.82) is 0 Å². The minimum Gasteiger partial charge on any atom is -0.308 e. The van der Waals surface area contributed by atoms with Crippen LogP contribution in [0.2, 0.25) is 0 Å². The lowest BCUT2D eigenvalue weighted by atomic mass is 10.1. The Bertz CT molecular complexity index is 1010. The molecule has 3 aromatic heterocycles. The largest absolute Gasteiger partial charge is 0.308 e. The predicted octanol–water partition coefficient (Wildman–Crippen LogP) is 4.94. The molecule has 0 saturated heterocycles. The van der Waals surface area contributed by atoms with Crippen LogP contribution >= 0.6 is 11.8 Å². The van der Waals surface area contributed by atoms with E-state index in [0.717, 1.165) is 32.1 Å². The molecule has 1 aromatic carbocycles. The molecule has 3 nitrogen and oxygen atoms in total. The maximum atomic E-state index is 13.6. The average Bonchev–Trinajstić information content (AvgIpc) is 3.13. The Balaban J connectivity index is 1.66. The summed E-state index contributed by atoms with van der Waals surface area (Å²) in [5.41, 5.74) is 4.38. The third-order valence-corrected chi connectivity index (χ3v) is 5.19. The van der Waals surface area contributed by atoms with E-state index in [9.17, 15) is 4.39 Å². The van der Waals surface area contributed by atoms with Gasteiger partial charge in [0.15, 0.2) is 0 Å². The molecule has 0 amide bonds. The van der Waals surface area contributed by atoms with Crippen molar-refractivity contribution in [3.63, 3.8) is 0 Å². The highest BCUT2D eigenvalue weighted by Gasteiger charge is 2.10. The first-order valence-electron chi connectivity index (χ1n) is 7.64. The molecular formula is C19H16FN3S. The Kier molecular flexibility index (Phi) is 3.65. The minimum absolute atomic E-state index is 0.230. The van der Waals surface area contributed by atoms with Gasteiger partial charge in [-0.25, -0.2) is 4.39 Å². The normalized spacial score (nSPS) is 11.3. The fraction of sp³-hybridized carbons (Fsp3) is 0.105. The highest BCUT2D eigenvalue weighted by Crippen LogP contribution is 2.33. The highest BCUT2D eigenvalue weighted by atomic mass is 32.2. The number of pyridine rings is 1. The van der Waals surface area contributed by atoms with Crippen LogP contribution in [0.3, 0.4) is 0 Å². The van der Waals surface area contributed by atoms with Crippen molar-refractivity contribution >= 4 is 17.3 Å². The van der Waals surface area contributed by atoms with Crippen LogP contribution in [0.25, 0.3) is 16.6 Å². The van der Waals surface area contributed by atoms with E-state index in [1.165, 1.54) is 12.3 Å². The van der Waals surface area contributed by atoms with Crippen molar-refractivity contribution in [2.45, 2.75) is 16.8 Å². The molecule has 5 heteroatoms. The maximum absolute atomic E-state index is 13.6. The molecule has 0 aliphatic rings. The molecule has 4 aromatic rings. The first kappa shape index (κ1) is 15.0. The van der Waals surface area contributed by atoms with Gasteiger partial charge in [0.1, 0.15) is 5.82 Å². The van der Waals surface area contributed by atoms with Gasteiger partial charge in [-0.05, 0) is 48.4 Å². The summed E-state index contributed by atoms with van der Waals surface area (Å²) in [6, 6.07) is 13.7. The molecule has 0 radical (unpaired) electrons. The Hall–Kier alpha value is -2.53. The lowest BCUT2D eigenvalue weighted by Crippen LogP contribution is -1.89. The molecule has 0 N–H and O–H groups in total. The summed E-state index contributed by atoms with van der Waals surface area (Å²) in [5, 5.41) is 5.24. The summed E-state index contributed by atoms with van der Waals surface area (Å²) in [7, 11) is 1.91. The van der Waals surface area contributed by atoms with E-state index in [0.29, 0.717) is 0 Å². The van der Waals surface area contributed by atoms with Crippen LogP contribution in [0.4, 0.5) is 4.39 Å². The molecule has 0 atom stereocenters. The second-order valence-corrected chi connectivity index (χ2v) is 6.87. The lowest BCUT2D eigenvalue weighted by Gasteiger charge is -2.06. The number of fused-ring (bicyclic) bond motifs is 1. The monoisotopic (exact) mass is 337 g/mol. The third kappa shape index (κ3) is 2.71. The Morgan fingerprint density at radius 2 is 1.79 bits per heavy atom. The topological polar surface area (TPSA) is 22.2 Å². The van der Waals surface area contributed by atoms with E-state index in [4.69, 9.17) is 0 Å². The summed E-state index contributed by atoms with van der Waals surface area (Å²) in [5.74, 6) is -0.230. The van der Waals surface area contributed by atoms with Gasteiger partial charge in [0.2, 0.25) is 0 Å².